The molecular weight excluding hydrogens is 276 g/mol. The van der Waals surface area contributed by atoms with Gasteiger partial charge in [-0.05, 0) is 0 Å². The predicted octanol–water partition coefficient (Wildman–Crippen LogP) is -1.03. The third-order valence-corrected chi connectivity index (χ3v) is 2.36. The van der Waals surface area contributed by atoms with Gasteiger partial charge in [-0.1, -0.05) is 0 Å². The maximum absolute atomic E-state index is 10.9. The number of carboxylic acids is 4. The van der Waals surface area contributed by atoms with Gasteiger partial charge in [0.05, 0.1) is 11.4 Å². The molecule has 0 fully saturated rings. The standard InChI is InChI=1S/C10H6N2O8/c11-5-1(7(13)14)2(8(15)16)6(12)4(10(19)20)3(5)9(17)18/h11-12H,(H,13,14)(H,15,16)(H,17,18)(H,19,20). The second kappa shape index (κ2) is 4.76. The van der Waals surface area contributed by atoms with E-state index >= 15 is 0 Å². The molecule has 10 heteroatoms. The van der Waals surface area contributed by atoms with Crippen LogP contribution in [0.3, 0.4) is 0 Å². The smallest absolute Gasteiger partial charge is 0.338 e. The van der Waals surface area contributed by atoms with Gasteiger partial charge in [0, 0.05) is 0 Å². The fourth-order valence-corrected chi connectivity index (χ4v) is 1.61. The maximum atomic E-state index is 10.9. The molecule has 20 heavy (non-hydrogen) atoms. The molecule has 0 atom stereocenters. The van der Waals surface area contributed by atoms with Crippen molar-refractivity contribution >= 4 is 35.3 Å². The molecule has 0 unspecified atom stereocenters. The highest BCUT2D eigenvalue weighted by Crippen LogP contribution is 2.26. The molecule has 0 amide bonds. The fourth-order valence-electron chi connectivity index (χ4n) is 1.61. The summed E-state index contributed by atoms with van der Waals surface area (Å²) < 4.78 is 0. The predicted molar refractivity (Wildman–Crippen MR) is 60.0 cm³/mol. The van der Waals surface area contributed by atoms with Crippen LogP contribution < -0.4 is 0 Å². The Morgan fingerprint density at radius 3 is 0.800 bits per heavy atom. The Hall–Kier alpha value is -3.30. The van der Waals surface area contributed by atoms with Crippen LogP contribution in [0.2, 0.25) is 0 Å². The highest BCUT2D eigenvalue weighted by atomic mass is 16.4. The molecule has 0 aromatic rings. The van der Waals surface area contributed by atoms with Crippen molar-refractivity contribution in [2.24, 2.45) is 0 Å². The minimum Gasteiger partial charge on any atom is -0.478 e. The maximum Gasteiger partial charge on any atom is 0.338 e. The van der Waals surface area contributed by atoms with E-state index < -0.39 is 57.6 Å². The van der Waals surface area contributed by atoms with Crippen LogP contribution >= 0.6 is 0 Å². The lowest BCUT2D eigenvalue weighted by Crippen LogP contribution is -2.35. The molecule has 104 valence electrons. The molecule has 1 aliphatic carbocycles. The van der Waals surface area contributed by atoms with E-state index in [9.17, 15) is 19.2 Å². The van der Waals surface area contributed by atoms with E-state index in [4.69, 9.17) is 31.2 Å². The van der Waals surface area contributed by atoms with Gasteiger partial charge in [-0.3, -0.25) is 10.8 Å². The van der Waals surface area contributed by atoms with E-state index in [-0.39, 0.29) is 0 Å². The van der Waals surface area contributed by atoms with E-state index in [1.54, 1.807) is 0 Å². The van der Waals surface area contributed by atoms with Gasteiger partial charge in [0.25, 0.3) is 0 Å². The zero-order valence-corrected chi connectivity index (χ0v) is 9.42. The third-order valence-electron chi connectivity index (χ3n) is 2.36. The van der Waals surface area contributed by atoms with Crippen molar-refractivity contribution in [2.75, 3.05) is 0 Å². The van der Waals surface area contributed by atoms with E-state index in [1.807, 2.05) is 0 Å². The summed E-state index contributed by atoms with van der Waals surface area (Å²) in [4.78, 5) is 43.8. The third kappa shape index (κ3) is 2.05. The SMILES string of the molecule is N=C1C(C(=O)O)=C(C(=O)O)C(=N)C(C(=O)O)=C1C(=O)O. The molecule has 0 aliphatic heterocycles. The second-order valence-corrected chi connectivity index (χ2v) is 3.47. The molecule has 0 aromatic carbocycles. The Morgan fingerprint density at radius 1 is 0.550 bits per heavy atom. The largest absolute Gasteiger partial charge is 0.478 e. The summed E-state index contributed by atoms with van der Waals surface area (Å²) in [5.74, 6) is -7.78. The Bertz CT molecular complexity index is 557. The van der Waals surface area contributed by atoms with Gasteiger partial charge in [0.15, 0.2) is 0 Å². The average Bonchev–Trinajstić information content (AvgIpc) is 2.28. The van der Waals surface area contributed by atoms with Gasteiger partial charge in [-0.2, -0.15) is 0 Å². The molecule has 1 rings (SSSR count). The summed E-state index contributed by atoms with van der Waals surface area (Å²) in [6.07, 6.45) is 0. The summed E-state index contributed by atoms with van der Waals surface area (Å²) >= 11 is 0. The number of hydrogen-bond donors (Lipinski definition) is 6. The van der Waals surface area contributed by atoms with Gasteiger partial charge < -0.3 is 20.4 Å². The molecule has 0 saturated carbocycles. The minimum absolute atomic E-state index is 1.25. The molecule has 0 aromatic heterocycles. The van der Waals surface area contributed by atoms with Crippen LogP contribution in [-0.4, -0.2) is 55.7 Å². The van der Waals surface area contributed by atoms with Crippen molar-refractivity contribution in [2.45, 2.75) is 0 Å². The summed E-state index contributed by atoms with van der Waals surface area (Å²) in [6.45, 7) is 0. The Morgan fingerprint density at radius 2 is 0.700 bits per heavy atom. The first-order valence-corrected chi connectivity index (χ1v) is 4.71. The highest BCUT2D eigenvalue weighted by Gasteiger charge is 2.41. The molecule has 10 nitrogen and oxygen atoms in total. The van der Waals surface area contributed by atoms with Crippen LogP contribution in [0.1, 0.15) is 0 Å². The van der Waals surface area contributed by atoms with Gasteiger partial charge in [-0.15, -0.1) is 0 Å². The lowest BCUT2D eigenvalue weighted by atomic mass is 9.82. The lowest BCUT2D eigenvalue weighted by molar-refractivity contribution is -0.136. The van der Waals surface area contributed by atoms with Gasteiger partial charge in [-0.25, -0.2) is 19.2 Å². The van der Waals surface area contributed by atoms with Crippen molar-refractivity contribution in [1.82, 2.24) is 0 Å². The molecule has 0 heterocycles. The number of carboxylic acid groups (broad SMARTS) is 4. The molecule has 0 saturated heterocycles. The number of hydrogen-bond acceptors (Lipinski definition) is 6. The van der Waals surface area contributed by atoms with Gasteiger partial charge >= 0.3 is 23.9 Å². The fraction of sp³-hybridized carbons (Fsp3) is 0. The summed E-state index contributed by atoms with van der Waals surface area (Å²) in [5, 5.41) is 50.2. The Balaban J connectivity index is 3.81. The summed E-state index contributed by atoms with van der Waals surface area (Å²) in [5.41, 5.74) is -7.55. The monoisotopic (exact) mass is 282 g/mol. The molecule has 1 aliphatic rings. The van der Waals surface area contributed by atoms with Crippen LogP contribution in [0.4, 0.5) is 0 Å². The van der Waals surface area contributed by atoms with Crippen LogP contribution in [0.25, 0.3) is 0 Å². The minimum atomic E-state index is -1.94. The number of aliphatic carboxylic acids is 4. The second-order valence-electron chi connectivity index (χ2n) is 3.47. The van der Waals surface area contributed by atoms with Gasteiger partial charge in [0.1, 0.15) is 22.3 Å². The van der Waals surface area contributed by atoms with Crippen molar-refractivity contribution in [1.29, 1.82) is 10.8 Å². The summed E-state index contributed by atoms with van der Waals surface area (Å²) in [6, 6.07) is 0. The van der Waals surface area contributed by atoms with E-state index in [0.29, 0.717) is 0 Å². The van der Waals surface area contributed by atoms with Crippen molar-refractivity contribution < 1.29 is 39.6 Å². The molecule has 6 N–H and O–H groups in total. The first-order valence-electron chi connectivity index (χ1n) is 4.71. The number of nitrogens with one attached hydrogen (secondary N) is 2. The molecule has 0 bridgehead atoms. The molecular formula is C10H6N2O8. The van der Waals surface area contributed by atoms with Crippen molar-refractivity contribution in [3.05, 3.63) is 22.3 Å². The normalized spacial score (nSPS) is 15.4. The first-order chi connectivity index (χ1) is 9.11. The van der Waals surface area contributed by atoms with Gasteiger partial charge in [0.2, 0.25) is 0 Å². The zero-order chi connectivity index (χ0) is 15.8. The van der Waals surface area contributed by atoms with Crippen LogP contribution in [0.5, 0.6) is 0 Å². The van der Waals surface area contributed by atoms with E-state index in [2.05, 4.69) is 0 Å². The first kappa shape index (κ1) is 14.8. The number of rotatable bonds is 4. The molecule has 0 radical (unpaired) electrons. The van der Waals surface area contributed by atoms with Crippen LogP contribution in [-0.2, 0) is 19.2 Å². The van der Waals surface area contributed by atoms with E-state index in [1.165, 1.54) is 0 Å². The van der Waals surface area contributed by atoms with Crippen molar-refractivity contribution in [3.63, 3.8) is 0 Å². The Kier molecular flexibility index (Phi) is 3.51. The quantitative estimate of drug-likeness (QED) is 0.351. The molecule has 0 spiro atoms. The zero-order valence-electron chi connectivity index (χ0n) is 9.42. The van der Waals surface area contributed by atoms with Crippen LogP contribution in [0.15, 0.2) is 22.3 Å². The topological polar surface area (TPSA) is 197 Å². The summed E-state index contributed by atoms with van der Waals surface area (Å²) in [7, 11) is 0. The average molecular weight is 282 g/mol. The van der Waals surface area contributed by atoms with E-state index in [0.717, 1.165) is 0 Å². The van der Waals surface area contributed by atoms with Crippen molar-refractivity contribution in [3.8, 4) is 0 Å². The Labute approximate surface area is 109 Å². The number of carbonyl (C=O) groups is 4. The highest BCUT2D eigenvalue weighted by molar-refractivity contribution is 6.50. The lowest BCUT2D eigenvalue weighted by Gasteiger charge is -2.19. The van der Waals surface area contributed by atoms with Crippen LogP contribution in [0, 0.1) is 10.8 Å².